The van der Waals surface area contributed by atoms with Gasteiger partial charge in [0.2, 0.25) is 5.91 Å². The van der Waals surface area contributed by atoms with E-state index in [0.717, 1.165) is 42.8 Å². The number of nitrogens with zero attached hydrogens (tertiary/aromatic N) is 3. The summed E-state index contributed by atoms with van der Waals surface area (Å²) in [5, 5.41) is 0. The lowest BCUT2D eigenvalue weighted by Gasteiger charge is -2.16. The lowest BCUT2D eigenvalue weighted by Crippen LogP contribution is -2.32. The van der Waals surface area contributed by atoms with Crippen molar-refractivity contribution < 1.29 is 9.53 Å². The first kappa shape index (κ1) is 16.7. The quantitative estimate of drug-likeness (QED) is 0.742. The number of fused-ring (bicyclic) bond motifs is 1. The molecule has 1 aliphatic rings. The van der Waals surface area contributed by atoms with E-state index in [0.29, 0.717) is 12.5 Å². The largest absolute Gasteiger partial charge is 0.364 e. The van der Waals surface area contributed by atoms with Crippen molar-refractivity contribution >= 4 is 16.9 Å². The molecule has 1 N–H and O–H groups in total. The van der Waals surface area contributed by atoms with Crippen LogP contribution in [0.25, 0.3) is 11.0 Å². The average Bonchev–Trinajstić information content (AvgIpc) is 3.29. The molecule has 6 heteroatoms. The first-order valence-electron chi connectivity index (χ1n) is 8.96. The second-order valence-corrected chi connectivity index (χ2v) is 6.75. The summed E-state index contributed by atoms with van der Waals surface area (Å²) in [4.78, 5) is 26.1. The summed E-state index contributed by atoms with van der Waals surface area (Å²) in [5.74, 6) is 1.29. The monoisotopic (exact) mass is 350 g/mol. The van der Waals surface area contributed by atoms with E-state index in [1.165, 1.54) is 5.56 Å². The van der Waals surface area contributed by atoms with Crippen molar-refractivity contribution in [2.24, 2.45) is 5.92 Å². The Balaban J connectivity index is 1.23. The van der Waals surface area contributed by atoms with Gasteiger partial charge in [0.25, 0.3) is 0 Å². The van der Waals surface area contributed by atoms with Gasteiger partial charge in [0, 0.05) is 25.5 Å². The molecule has 1 aliphatic heterocycles. The van der Waals surface area contributed by atoms with E-state index < -0.39 is 0 Å². The molecule has 1 atom stereocenters. The fourth-order valence-corrected chi connectivity index (χ4v) is 3.48. The number of hydrogen-bond acceptors (Lipinski definition) is 4. The van der Waals surface area contributed by atoms with Crippen molar-refractivity contribution in [2.45, 2.75) is 19.4 Å². The maximum absolute atomic E-state index is 12.4. The number of nitrogens with one attached hydrogen (secondary N) is 1. The van der Waals surface area contributed by atoms with Crippen LogP contribution in [0.4, 0.5) is 0 Å². The van der Waals surface area contributed by atoms with Gasteiger partial charge < -0.3 is 14.6 Å². The van der Waals surface area contributed by atoms with Crippen molar-refractivity contribution in [3.63, 3.8) is 0 Å². The number of aromatic amines is 1. The van der Waals surface area contributed by atoms with E-state index in [1.807, 2.05) is 41.4 Å². The minimum absolute atomic E-state index is 0.0507. The smallest absolute Gasteiger partial charge is 0.248 e. The van der Waals surface area contributed by atoms with Crippen LogP contribution < -0.4 is 0 Å². The van der Waals surface area contributed by atoms with Gasteiger partial charge in [-0.3, -0.25) is 9.78 Å². The summed E-state index contributed by atoms with van der Waals surface area (Å²) in [6.07, 6.45) is 5.69. The van der Waals surface area contributed by atoms with Crippen LogP contribution in [-0.2, 0) is 22.6 Å². The average molecular weight is 350 g/mol. The van der Waals surface area contributed by atoms with E-state index >= 15 is 0 Å². The van der Waals surface area contributed by atoms with Crippen molar-refractivity contribution in [1.29, 1.82) is 0 Å². The molecule has 4 rings (SSSR count). The molecule has 0 aliphatic carbocycles. The number of aromatic nitrogens is 3. The van der Waals surface area contributed by atoms with Gasteiger partial charge in [0.1, 0.15) is 19.0 Å². The summed E-state index contributed by atoms with van der Waals surface area (Å²) < 4.78 is 5.58. The Morgan fingerprint density at radius 2 is 2.19 bits per heavy atom. The van der Waals surface area contributed by atoms with Gasteiger partial charge in [-0.25, -0.2) is 4.98 Å². The number of H-pyrrole nitrogens is 1. The Bertz CT molecular complexity index is 845. The van der Waals surface area contributed by atoms with Gasteiger partial charge in [-0.1, -0.05) is 18.2 Å². The van der Waals surface area contributed by atoms with Crippen molar-refractivity contribution in [3.05, 3.63) is 60.2 Å². The fourth-order valence-electron chi connectivity index (χ4n) is 3.48. The molecule has 0 bridgehead atoms. The molecule has 6 nitrogen and oxygen atoms in total. The van der Waals surface area contributed by atoms with Gasteiger partial charge >= 0.3 is 0 Å². The van der Waals surface area contributed by atoms with Crippen LogP contribution in [0.3, 0.4) is 0 Å². The lowest BCUT2D eigenvalue weighted by atomic mass is 10.0. The second-order valence-electron chi connectivity index (χ2n) is 6.75. The lowest BCUT2D eigenvalue weighted by molar-refractivity contribution is -0.135. The van der Waals surface area contributed by atoms with Crippen LogP contribution >= 0.6 is 0 Å². The number of carbonyl (C=O) groups excluding carboxylic acids is 1. The Morgan fingerprint density at radius 1 is 1.27 bits per heavy atom. The van der Waals surface area contributed by atoms with E-state index in [-0.39, 0.29) is 12.5 Å². The molecule has 134 valence electrons. The molecule has 26 heavy (non-hydrogen) atoms. The van der Waals surface area contributed by atoms with Crippen LogP contribution in [0.1, 0.15) is 17.8 Å². The highest BCUT2D eigenvalue weighted by molar-refractivity contribution is 5.77. The molecule has 0 saturated carbocycles. The summed E-state index contributed by atoms with van der Waals surface area (Å²) in [6.45, 7) is 2.00. The Kier molecular flexibility index (Phi) is 4.93. The Hall–Kier alpha value is -2.73. The Labute approximate surface area is 152 Å². The predicted molar refractivity (Wildman–Crippen MR) is 98.4 cm³/mol. The highest BCUT2D eigenvalue weighted by atomic mass is 16.5. The first-order chi connectivity index (χ1) is 12.8. The molecule has 0 radical (unpaired) electrons. The first-order valence-corrected chi connectivity index (χ1v) is 8.96. The summed E-state index contributed by atoms with van der Waals surface area (Å²) in [7, 11) is 0. The number of hydrogen-bond donors (Lipinski definition) is 1. The van der Waals surface area contributed by atoms with Gasteiger partial charge in [0.15, 0.2) is 0 Å². The van der Waals surface area contributed by atoms with Gasteiger partial charge in [-0.05, 0) is 42.5 Å². The summed E-state index contributed by atoms with van der Waals surface area (Å²) in [6, 6.07) is 11.9. The zero-order valence-electron chi connectivity index (χ0n) is 14.6. The van der Waals surface area contributed by atoms with Gasteiger partial charge in [0.05, 0.1) is 11.0 Å². The number of rotatable bonds is 6. The minimum Gasteiger partial charge on any atom is -0.364 e. The summed E-state index contributed by atoms with van der Waals surface area (Å²) in [5.41, 5.74) is 3.12. The van der Waals surface area contributed by atoms with Gasteiger partial charge in [-0.15, -0.1) is 0 Å². The zero-order chi connectivity index (χ0) is 17.8. The summed E-state index contributed by atoms with van der Waals surface area (Å²) >= 11 is 0. The topological polar surface area (TPSA) is 71.1 Å². The SMILES string of the molecule is O=C(COCc1nc2ccccc2[nH]1)N1CCC(Cc2cccnc2)C1. The predicted octanol–water partition coefficient (Wildman–Crippen LogP) is 2.57. The van der Waals surface area contributed by atoms with E-state index in [9.17, 15) is 4.79 Å². The number of ether oxygens (including phenoxy) is 1. The normalized spacial score (nSPS) is 17.1. The molecule has 1 saturated heterocycles. The maximum Gasteiger partial charge on any atom is 0.248 e. The molecule has 2 aromatic heterocycles. The number of likely N-dealkylation sites (tertiary alicyclic amines) is 1. The molecule has 1 unspecified atom stereocenters. The molecule has 0 spiro atoms. The number of carbonyl (C=O) groups is 1. The molecule has 1 fully saturated rings. The molecule has 1 aromatic carbocycles. The van der Waals surface area contributed by atoms with Crippen molar-refractivity contribution in [2.75, 3.05) is 19.7 Å². The second kappa shape index (κ2) is 7.66. The zero-order valence-corrected chi connectivity index (χ0v) is 14.6. The number of imidazole rings is 1. The molecule has 3 aromatic rings. The fraction of sp³-hybridized carbons (Fsp3) is 0.350. The molecular weight excluding hydrogens is 328 g/mol. The molecule has 1 amide bonds. The molecule has 3 heterocycles. The van der Waals surface area contributed by atoms with Crippen LogP contribution in [0.15, 0.2) is 48.8 Å². The van der Waals surface area contributed by atoms with Gasteiger partial charge in [-0.2, -0.15) is 0 Å². The third kappa shape index (κ3) is 3.91. The molecular formula is C20H22N4O2. The number of pyridine rings is 1. The van der Waals surface area contributed by atoms with E-state index in [1.54, 1.807) is 6.20 Å². The standard InChI is InChI=1S/C20H22N4O2/c25-20(14-26-13-19-22-17-5-1-2-6-18(17)23-19)24-9-7-16(12-24)10-15-4-3-8-21-11-15/h1-6,8,11,16H,7,9-10,12-14H2,(H,22,23). The third-order valence-corrected chi connectivity index (χ3v) is 4.79. The third-order valence-electron chi connectivity index (χ3n) is 4.79. The van der Waals surface area contributed by atoms with E-state index in [4.69, 9.17) is 4.74 Å². The van der Waals surface area contributed by atoms with E-state index in [2.05, 4.69) is 21.0 Å². The maximum atomic E-state index is 12.4. The van der Waals surface area contributed by atoms with Crippen molar-refractivity contribution in [3.8, 4) is 0 Å². The highest BCUT2D eigenvalue weighted by Gasteiger charge is 2.26. The van der Waals surface area contributed by atoms with Crippen LogP contribution in [0.2, 0.25) is 0 Å². The Morgan fingerprint density at radius 3 is 3.04 bits per heavy atom. The number of amides is 1. The highest BCUT2D eigenvalue weighted by Crippen LogP contribution is 2.20. The minimum atomic E-state index is 0.0507. The van der Waals surface area contributed by atoms with Crippen LogP contribution in [0.5, 0.6) is 0 Å². The van der Waals surface area contributed by atoms with Crippen LogP contribution in [0, 0.1) is 5.92 Å². The number of para-hydroxylation sites is 2. The van der Waals surface area contributed by atoms with Crippen LogP contribution in [-0.4, -0.2) is 45.5 Å². The van der Waals surface area contributed by atoms with Crippen molar-refractivity contribution in [1.82, 2.24) is 19.9 Å². The number of benzene rings is 1.